The summed E-state index contributed by atoms with van der Waals surface area (Å²) < 4.78 is 0. The minimum Gasteiger partial charge on any atom is -0.365 e. The molecule has 8 heteroatoms. The molecular weight excluding hydrogens is 412 g/mol. The number of primary amides is 1. The van der Waals surface area contributed by atoms with E-state index in [0.717, 1.165) is 50.5 Å². The smallest absolute Gasteiger partial charge is 0.251 e. The quantitative estimate of drug-likeness (QED) is 0.727. The van der Waals surface area contributed by atoms with E-state index < -0.39 is 5.91 Å². The van der Waals surface area contributed by atoms with Crippen LogP contribution < -0.4 is 11.1 Å². The highest BCUT2D eigenvalue weighted by Gasteiger charge is 2.30. The van der Waals surface area contributed by atoms with Crippen molar-refractivity contribution >= 4 is 34.1 Å². The standard InChI is InChI=1S/C23H34N4O3S/c1-15-7-8-17-18(13-15)31-22(20(17)21(24)29)25-19(28)14-26-9-11-27(12-10-26)23(30)16-5-3-2-4-6-16/h15-16H,2-14H2,1H3,(H2,24,29)(H,25,28)/t15-/m0/s1. The van der Waals surface area contributed by atoms with Gasteiger partial charge in [0.2, 0.25) is 11.8 Å². The van der Waals surface area contributed by atoms with Crippen LogP contribution in [0, 0.1) is 11.8 Å². The highest BCUT2D eigenvalue weighted by molar-refractivity contribution is 7.17. The fraction of sp³-hybridized carbons (Fsp3) is 0.696. The van der Waals surface area contributed by atoms with Gasteiger partial charge in [0.1, 0.15) is 5.00 Å². The van der Waals surface area contributed by atoms with Gasteiger partial charge < -0.3 is 16.0 Å². The van der Waals surface area contributed by atoms with Crippen LogP contribution in [0.2, 0.25) is 0 Å². The van der Waals surface area contributed by atoms with Crippen LogP contribution in [0.5, 0.6) is 0 Å². The Morgan fingerprint density at radius 3 is 2.45 bits per heavy atom. The summed E-state index contributed by atoms with van der Waals surface area (Å²) in [5, 5.41) is 3.55. The fourth-order valence-corrected chi connectivity index (χ4v) is 6.64. The molecule has 2 aliphatic carbocycles. The predicted octanol–water partition coefficient (Wildman–Crippen LogP) is 2.63. The van der Waals surface area contributed by atoms with Gasteiger partial charge in [0.25, 0.3) is 5.91 Å². The van der Waals surface area contributed by atoms with Gasteiger partial charge in [0.05, 0.1) is 12.1 Å². The van der Waals surface area contributed by atoms with E-state index in [4.69, 9.17) is 5.73 Å². The number of rotatable bonds is 5. The Morgan fingerprint density at radius 2 is 1.77 bits per heavy atom. The zero-order valence-corrected chi connectivity index (χ0v) is 19.3. The molecular formula is C23H34N4O3S. The maximum absolute atomic E-state index is 12.7. The van der Waals surface area contributed by atoms with Crippen LogP contribution in [-0.4, -0.2) is 60.2 Å². The van der Waals surface area contributed by atoms with E-state index >= 15 is 0 Å². The van der Waals surface area contributed by atoms with E-state index in [1.54, 1.807) is 0 Å². The maximum Gasteiger partial charge on any atom is 0.251 e. The number of nitrogens with zero attached hydrogens (tertiary/aromatic N) is 2. The molecule has 4 rings (SSSR count). The van der Waals surface area contributed by atoms with Gasteiger partial charge in [-0.1, -0.05) is 26.2 Å². The SMILES string of the molecule is C[C@H]1CCc2c(sc(NC(=O)CN3CCN(C(=O)C4CCCCC4)CC3)c2C(N)=O)C1. The Morgan fingerprint density at radius 1 is 1.06 bits per heavy atom. The van der Waals surface area contributed by atoms with Crippen LogP contribution in [0.4, 0.5) is 5.00 Å². The third kappa shape index (κ3) is 5.12. The highest BCUT2D eigenvalue weighted by Crippen LogP contribution is 2.39. The molecule has 1 saturated carbocycles. The number of amides is 3. The zero-order valence-electron chi connectivity index (χ0n) is 18.5. The number of fused-ring (bicyclic) bond motifs is 1. The van der Waals surface area contributed by atoms with Crippen LogP contribution in [0.1, 0.15) is 66.2 Å². The van der Waals surface area contributed by atoms with Gasteiger partial charge in [-0.05, 0) is 43.6 Å². The largest absolute Gasteiger partial charge is 0.365 e. The van der Waals surface area contributed by atoms with Crippen molar-refractivity contribution in [3.05, 3.63) is 16.0 Å². The van der Waals surface area contributed by atoms with E-state index in [2.05, 4.69) is 17.1 Å². The van der Waals surface area contributed by atoms with E-state index in [-0.39, 0.29) is 18.4 Å². The van der Waals surface area contributed by atoms with Crippen molar-refractivity contribution in [2.45, 2.75) is 58.3 Å². The first-order valence-corrected chi connectivity index (χ1v) is 12.5. The molecule has 1 atom stereocenters. The van der Waals surface area contributed by atoms with Crippen LogP contribution in [0.25, 0.3) is 0 Å². The second-order valence-corrected chi connectivity index (χ2v) is 10.5. The van der Waals surface area contributed by atoms with Gasteiger partial charge in [-0.25, -0.2) is 0 Å². The summed E-state index contributed by atoms with van der Waals surface area (Å²) in [5.41, 5.74) is 7.18. The summed E-state index contributed by atoms with van der Waals surface area (Å²) >= 11 is 1.50. The average Bonchev–Trinajstić information content (AvgIpc) is 3.11. The molecule has 0 spiro atoms. The van der Waals surface area contributed by atoms with Gasteiger partial charge >= 0.3 is 0 Å². The van der Waals surface area contributed by atoms with E-state index in [1.807, 2.05) is 4.90 Å². The molecule has 7 nitrogen and oxygen atoms in total. The Bertz CT molecular complexity index is 838. The molecule has 0 aromatic carbocycles. The maximum atomic E-state index is 12.7. The normalized spacial score (nSPS) is 22.7. The number of thiophene rings is 1. The average molecular weight is 447 g/mol. The molecule has 3 amide bonds. The third-order valence-corrected chi connectivity index (χ3v) is 8.19. The molecule has 1 aliphatic heterocycles. The van der Waals surface area contributed by atoms with Gasteiger partial charge in [-0.3, -0.25) is 19.3 Å². The Kier molecular flexibility index (Phi) is 6.96. The lowest BCUT2D eigenvalue weighted by Crippen LogP contribution is -2.52. The fourth-order valence-electron chi connectivity index (χ4n) is 5.20. The lowest BCUT2D eigenvalue weighted by Gasteiger charge is -2.36. The van der Waals surface area contributed by atoms with Crippen molar-refractivity contribution < 1.29 is 14.4 Å². The second kappa shape index (κ2) is 9.69. The molecule has 3 N–H and O–H groups in total. The minimum atomic E-state index is -0.461. The first-order chi connectivity index (χ1) is 14.9. The number of hydrogen-bond acceptors (Lipinski definition) is 5. The summed E-state index contributed by atoms with van der Waals surface area (Å²) in [7, 11) is 0. The van der Waals surface area contributed by atoms with Crippen molar-refractivity contribution in [3.63, 3.8) is 0 Å². The molecule has 0 unspecified atom stereocenters. The Hall–Kier alpha value is -1.93. The molecule has 2 heterocycles. The minimum absolute atomic E-state index is 0.124. The zero-order chi connectivity index (χ0) is 22.0. The summed E-state index contributed by atoms with van der Waals surface area (Å²) in [6.07, 6.45) is 8.44. The molecule has 170 valence electrons. The number of carbonyl (C=O) groups is 3. The van der Waals surface area contributed by atoms with Crippen LogP contribution in [0.3, 0.4) is 0 Å². The molecule has 31 heavy (non-hydrogen) atoms. The third-order valence-electron chi connectivity index (χ3n) is 7.02. The van der Waals surface area contributed by atoms with Gasteiger partial charge in [-0.2, -0.15) is 0 Å². The second-order valence-electron chi connectivity index (χ2n) is 9.40. The number of hydrogen-bond donors (Lipinski definition) is 2. The van der Waals surface area contributed by atoms with Gasteiger partial charge in [-0.15, -0.1) is 11.3 Å². The summed E-state index contributed by atoms with van der Waals surface area (Å²) in [6, 6.07) is 0. The van der Waals surface area contributed by atoms with Gasteiger partial charge in [0, 0.05) is 37.0 Å². The molecule has 1 saturated heterocycles. The van der Waals surface area contributed by atoms with Crippen LogP contribution in [0.15, 0.2) is 0 Å². The van der Waals surface area contributed by atoms with Crippen molar-refractivity contribution in [2.24, 2.45) is 17.6 Å². The van der Waals surface area contributed by atoms with Crippen molar-refractivity contribution in [3.8, 4) is 0 Å². The number of carbonyl (C=O) groups excluding carboxylic acids is 3. The lowest BCUT2D eigenvalue weighted by atomic mass is 9.88. The summed E-state index contributed by atoms with van der Waals surface area (Å²) in [4.78, 5) is 42.8. The van der Waals surface area contributed by atoms with Crippen molar-refractivity contribution in [1.29, 1.82) is 0 Å². The van der Waals surface area contributed by atoms with E-state index in [0.29, 0.717) is 48.6 Å². The first-order valence-electron chi connectivity index (χ1n) is 11.7. The Balaban J connectivity index is 1.31. The van der Waals surface area contributed by atoms with Crippen molar-refractivity contribution in [1.82, 2.24) is 9.80 Å². The first kappa shape index (κ1) is 22.3. The predicted molar refractivity (Wildman–Crippen MR) is 122 cm³/mol. The molecule has 2 fully saturated rings. The Labute approximate surface area is 188 Å². The van der Waals surface area contributed by atoms with Gasteiger partial charge in [0.15, 0.2) is 0 Å². The number of nitrogens with one attached hydrogen (secondary N) is 1. The van der Waals surface area contributed by atoms with Crippen LogP contribution >= 0.6 is 11.3 Å². The molecule has 1 aromatic heterocycles. The number of piperazine rings is 1. The number of nitrogens with two attached hydrogens (primary N) is 1. The molecule has 3 aliphatic rings. The van der Waals surface area contributed by atoms with E-state index in [1.165, 1.54) is 22.6 Å². The topological polar surface area (TPSA) is 95.7 Å². The van der Waals surface area contributed by atoms with Crippen molar-refractivity contribution in [2.75, 3.05) is 38.0 Å². The summed E-state index contributed by atoms with van der Waals surface area (Å²) in [6.45, 7) is 5.24. The van der Waals surface area contributed by atoms with Crippen LogP contribution in [-0.2, 0) is 22.4 Å². The monoisotopic (exact) mass is 446 g/mol. The number of anilines is 1. The molecule has 1 aromatic rings. The summed E-state index contributed by atoms with van der Waals surface area (Å²) in [5.74, 6) is 0.498. The highest BCUT2D eigenvalue weighted by atomic mass is 32.1. The lowest BCUT2D eigenvalue weighted by molar-refractivity contribution is -0.138. The molecule has 0 radical (unpaired) electrons. The van der Waals surface area contributed by atoms with E-state index in [9.17, 15) is 14.4 Å². The molecule has 0 bridgehead atoms.